The first-order chi connectivity index (χ1) is 10.6. The lowest BCUT2D eigenvalue weighted by Gasteiger charge is -2.26. The van der Waals surface area contributed by atoms with Gasteiger partial charge in [0.1, 0.15) is 6.54 Å². The number of aliphatic carboxylic acids is 1. The Balaban J connectivity index is 1.89. The van der Waals surface area contributed by atoms with Crippen molar-refractivity contribution in [1.29, 1.82) is 0 Å². The van der Waals surface area contributed by atoms with E-state index in [9.17, 15) is 9.59 Å². The Morgan fingerprint density at radius 2 is 2.00 bits per heavy atom. The van der Waals surface area contributed by atoms with Gasteiger partial charge in [-0.15, -0.1) is 0 Å². The highest BCUT2D eigenvalue weighted by molar-refractivity contribution is 5.81. The molecule has 5 nitrogen and oxygen atoms in total. The van der Waals surface area contributed by atoms with Crippen LogP contribution in [0, 0.1) is 0 Å². The molecule has 0 aliphatic carbocycles. The number of benzene rings is 1. The van der Waals surface area contributed by atoms with Gasteiger partial charge in [-0.2, -0.15) is 0 Å². The van der Waals surface area contributed by atoms with Crippen molar-refractivity contribution in [1.82, 2.24) is 4.90 Å². The molecule has 1 aromatic rings. The molecule has 22 heavy (non-hydrogen) atoms. The molecule has 0 radical (unpaired) electrons. The van der Waals surface area contributed by atoms with E-state index in [0.717, 1.165) is 24.8 Å². The van der Waals surface area contributed by atoms with Gasteiger partial charge in [-0.3, -0.25) is 9.59 Å². The van der Waals surface area contributed by atoms with Gasteiger partial charge >= 0.3 is 5.97 Å². The van der Waals surface area contributed by atoms with Gasteiger partial charge < -0.3 is 14.7 Å². The van der Waals surface area contributed by atoms with E-state index in [1.165, 1.54) is 4.90 Å². The fourth-order valence-electron chi connectivity index (χ4n) is 2.66. The Hall–Kier alpha value is -1.88. The standard InChI is InChI=1S/C17H23NO4/c19-16(12-15-8-4-5-11-22-15)18(13-17(20)21)10-9-14-6-2-1-3-7-14/h1-3,6-7,15H,4-5,8-13H2,(H,20,21). The molecule has 1 aliphatic heterocycles. The van der Waals surface area contributed by atoms with Crippen molar-refractivity contribution in [2.75, 3.05) is 19.7 Å². The van der Waals surface area contributed by atoms with Crippen LogP contribution in [0.2, 0.25) is 0 Å². The fraction of sp³-hybridized carbons (Fsp3) is 0.529. The maximum atomic E-state index is 12.4. The van der Waals surface area contributed by atoms with Crippen molar-refractivity contribution >= 4 is 11.9 Å². The Morgan fingerprint density at radius 1 is 1.23 bits per heavy atom. The number of carboxylic acid groups (broad SMARTS) is 1. The van der Waals surface area contributed by atoms with Crippen LogP contribution < -0.4 is 0 Å². The van der Waals surface area contributed by atoms with Crippen LogP contribution in [-0.2, 0) is 20.7 Å². The minimum Gasteiger partial charge on any atom is -0.480 e. The average Bonchev–Trinajstić information content (AvgIpc) is 2.53. The fourth-order valence-corrected chi connectivity index (χ4v) is 2.66. The third-order valence-corrected chi connectivity index (χ3v) is 3.87. The summed E-state index contributed by atoms with van der Waals surface area (Å²) in [6, 6.07) is 9.77. The highest BCUT2D eigenvalue weighted by Gasteiger charge is 2.22. The van der Waals surface area contributed by atoms with Crippen molar-refractivity contribution in [3.05, 3.63) is 35.9 Å². The first-order valence-electron chi connectivity index (χ1n) is 7.80. The zero-order valence-corrected chi connectivity index (χ0v) is 12.7. The smallest absolute Gasteiger partial charge is 0.323 e. The minimum atomic E-state index is -0.981. The van der Waals surface area contributed by atoms with Gasteiger partial charge in [0.05, 0.1) is 12.5 Å². The molecule has 5 heteroatoms. The van der Waals surface area contributed by atoms with Gasteiger partial charge in [0.25, 0.3) is 0 Å². The van der Waals surface area contributed by atoms with Gasteiger partial charge in [0, 0.05) is 13.2 Å². The van der Waals surface area contributed by atoms with E-state index in [1.807, 2.05) is 30.3 Å². The lowest BCUT2D eigenvalue weighted by molar-refractivity contribution is -0.146. The summed E-state index contributed by atoms with van der Waals surface area (Å²) in [6.07, 6.45) is 3.87. The van der Waals surface area contributed by atoms with Crippen molar-refractivity contribution in [3.63, 3.8) is 0 Å². The second-order valence-corrected chi connectivity index (χ2v) is 5.64. The van der Waals surface area contributed by atoms with Crippen LogP contribution in [0.4, 0.5) is 0 Å². The zero-order chi connectivity index (χ0) is 15.8. The highest BCUT2D eigenvalue weighted by atomic mass is 16.5. The zero-order valence-electron chi connectivity index (χ0n) is 12.7. The van der Waals surface area contributed by atoms with Gasteiger partial charge in [-0.1, -0.05) is 30.3 Å². The molecule has 2 rings (SSSR count). The van der Waals surface area contributed by atoms with E-state index in [0.29, 0.717) is 19.6 Å². The Bertz CT molecular complexity index is 483. The van der Waals surface area contributed by atoms with Gasteiger partial charge in [0.2, 0.25) is 5.91 Å². The topological polar surface area (TPSA) is 66.8 Å². The van der Waals surface area contributed by atoms with Gasteiger partial charge in [0.15, 0.2) is 0 Å². The Morgan fingerprint density at radius 3 is 2.64 bits per heavy atom. The summed E-state index contributed by atoms with van der Waals surface area (Å²) in [7, 11) is 0. The lowest BCUT2D eigenvalue weighted by Crippen LogP contribution is -2.39. The molecule has 0 spiro atoms. The van der Waals surface area contributed by atoms with Crippen molar-refractivity contribution in [2.24, 2.45) is 0 Å². The summed E-state index contributed by atoms with van der Waals surface area (Å²) in [5.41, 5.74) is 1.10. The predicted molar refractivity (Wildman–Crippen MR) is 82.6 cm³/mol. The van der Waals surface area contributed by atoms with E-state index in [-0.39, 0.29) is 25.0 Å². The number of amides is 1. The van der Waals surface area contributed by atoms with E-state index < -0.39 is 5.97 Å². The van der Waals surface area contributed by atoms with Crippen molar-refractivity contribution < 1.29 is 19.4 Å². The minimum absolute atomic E-state index is 0.0609. The van der Waals surface area contributed by atoms with Crippen LogP contribution >= 0.6 is 0 Å². The maximum absolute atomic E-state index is 12.4. The first kappa shape index (κ1) is 16.5. The highest BCUT2D eigenvalue weighted by Crippen LogP contribution is 2.16. The molecule has 1 amide bonds. The van der Waals surface area contributed by atoms with Crippen LogP contribution in [0.3, 0.4) is 0 Å². The number of carbonyl (C=O) groups is 2. The number of nitrogens with zero attached hydrogens (tertiary/aromatic N) is 1. The van der Waals surface area contributed by atoms with Crippen LogP contribution in [0.5, 0.6) is 0 Å². The van der Waals surface area contributed by atoms with E-state index in [2.05, 4.69) is 0 Å². The Kier molecular flexibility index (Phi) is 6.40. The summed E-state index contributed by atoms with van der Waals surface area (Å²) in [5.74, 6) is -1.11. The van der Waals surface area contributed by atoms with Crippen LogP contribution in [-0.4, -0.2) is 47.7 Å². The summed E-state index contributed by atoms with van der Waals surface area (Å²) in [6.45, 7) is 0.862. The van der Waals surface area contributed by atoms with E-state index >= 15 is 0 Å². The molecular weight excluding hydrogens is 282 g/mol. The van der Waals surface area contributed by atoms with Gasteiger partial charge in [-0.25, -0.2) is 0 Å². The second-order valence-electron chi connectivity index (χ2n) is 5.64. The summed E-state index contributed by atoms with van der Waals surface area (Å²) in [4.78, 5) is 24.8. The van der Waals surface area contributed by atoms with E-state index in [1.54, 1.807) is 0 Å². The first-order valence-corrected chi connectivity index (χ1v) is 7.80. The molecule has 1 aromatic carbocycles. The largest absolute Gasteiger partial charge is 0.480 e. The maximum Gasteiger partial charge on any atom is 0.323 e. The van der Waals surface area contributed by atoms with Crippen LogP contribution in [0.15, 0.2) is 30.3 Å². The average molecular weight is 305 g/mol. The van der Waals surface area contributed by atoms with Crippen molar-refractivity contribution in [2.45, 2.75) is 38.2 Å². The molecule has 1 N–H and O–H groups in total. The van der Waals surface area contributed by atoms with Gasteiger partial charge in [-0.05, 0) is 31.2 Å². The number of carboxylic acids is 1. The molecule has 120 valence electrons. The Labute approximate surface area is 130 Å². The molecular formula is C17H23NO4. The number of rotatable bonds is 7. The number of hydrogen-bond donors (Lipinski definition) is 1. The quantitative estimate of drug-likeness (QED) is 0.838. The molecule has 1 unspecified atom stereocenters. The number of carbonyl (C=O) groups excluding carboxylic acids is 1. The van der Waals surface area contributed by atoms with Crippen molar-refractivity contribution in [3.8, 4) is 0 Å². The summed E-state index contributed by atoms with van der Waals surface area (Å²) >= 11 is 0. The second kappa shape index (κ2) is 8.54. The SMILES string of the molecule is O=C(O)CN(CCc1ccccc1)C(=O)CC1CCCCO1. The molecule has 0 bridgehead atoms. The molecule has 1 atom stereocenters. The number of hydrogen-bond acceptors (Lipinski definition) is 3. The molecule has 1 heterocycles. The van der Waals surface area contributed by atoms with Crippen LogP contribution in [0.25, 0.3) is 0 Å². The molecule has 0 aromatic heterocycles. The molecule has 0 saturated carbocycles. The summed E-state index contributed by atoms with van der Waals surface area (Å²) in [5, 5.41) is 9.01. The predicted octanol–water partition coefficient (Wildman–Crippen LogP) is 2.10. The third-order valence-electron chi connectivity index (χ3n) is 3.87. The molecule has 1 aliphatic rings. The summed E-state index contributed by atoms with van der Waals surface area (Å²) < 4.78 is 5.57. The lowest BCUT2D eigenvalue weighted by atomic mass is 10.1. The van der Waals surface area contributed by atoms with E-state index in [4.69, 9.17) is 9.84 Å². The van der Waals surface area contributed by atoms with Crippen LogP contribution in [0.1, 0.15) is 31.2 Å². The monoisotopic (exact) mass is 305 g/mol. The molecule has 1 fully saturated rings. The third kappa shape index (κ3) is 5.48. The molecule has 1 saturated heterocycles. The normalized spacial score (nSPS) is 17.9. The number of ether oxygens (including phenoxy) is 1.